The zero-order valence-corrected chi connectivity index (χ0v) is 30.9. The van der Waals surface area contributed by atoms with Crippen LogP contribution in [0.4, 0.5) is 5.69 Å². The largest absolute Gasteiger partial charge is 0.480 e. The Hall–Kier alpha value is -2.81. The fourth-order valence-electron chi connectivity index (χ4n) is 6.00. The van der Waals surface area contributed by atoms with Gasteiger partial charge in [-0.15, -0.1) is 0 Å². The molecule has 284 valence electrons. The van der Waals surface area contributed by atoms with Crippen LogP contribution >= 0.6 is 0 Å². The van der Waals surface area contributed by atoms with Gasteiger partial charge in [0.1, 0.15) is 6.04 Å². The van der Waals surface area contributed by atoms with E-state index >= 15 is 0 Å². The molecule has 0 aromatic heterocycles. The van der Waals surface area contributed by atoms with Crippen molar-refractivity contribution in [3.63, 3.8) is 0 Å². The minimum Gasteiger partial charge on any atom is -0.480 e. The van der Waals surface area contributed by atoms with E-state index in [1.807, 2.05) is 4.90 Å². The number of benzene rings is 1. The number of hydrogen-bond donors (Lipinski definition) is 7. The summed E-state index contributed by atoms with van der Waals surface area (Å²) in [7, 11) is -1.66. The van der Waals surface area contributed by atoms with E-state index in [-0.39, 0.29) is 110 Å². The van der Waals surface area contributed by atoms with Gasteiger partial charge < -0.3 is 40.9 Å². The average Bonchev–Trinajstić information content (AvgIpc) is 3.55. The Morgan fingerprint density at radius 3 is 1.57 bits per heavy atom. The molecule has 1 aromatic rings. The summed E-state index contributed by atoms with van der Waals surface area (Å²) in [6.07, 6.45) is 1.10. The quantitative estimate of drug-likeness (QED) is 0.0886. The minimum absolute atomic E-state index is 0. The van der Waals surface area contributed by atoms with Crippen LogP contribution in [0.2, 0.25) is 0 Å². The molecular formula is C31H48BGdN7O11. The maximum Gasteiger partial charge on any atom is 0.475 e. The van der Waals surface area contributed by atoms with E-state index in [1.165, 1.54) is 24.0 Å². The third kappa shape index (κ3) is 15.8. The van der Waals surface area contributed by atoms with Gasteiger partial charge in [-0.2, -0.15) is 0 Å². The predicted molar refractivity (Wildman–Crippen MR) is 180 cm³/mol. The fraction of sp³-hybridized carbons (Fsp3) is 0.613. The van der Waals surface area contributed by atoms with Gasteiger partial charge in [0.15, 0.2) is 5.78 Å². The number of carbonyl (C=O) groups is 6. The van der Waals surface area contributed by atoms with Crippen LogP contribution in [-0.4, -0.2) is 196 Å². The molecule has 20 heteroatoms. The van der Waals surface area contributed by atoms with Gasteiger partial charge in [0.2, 0.25) is 5.91 Å². The van der Waals surface area contributed by atoms with Crippen LogP contribution in [0.25, 0.3) is 0 Å². The number of carboxylic acid groups (broad SMARTS) is 3. The summed E-state index contributed by atoms with van der Waals surface area (Å²) in [4.78, 5) is 81.2. The third-order valence-corrected chi connectivity index (χ3v) is 8.69. The van der Waals surface area contributed by atoms with Crippen molar-refractivity contribution < 1.29 is 94.1 Å². The summed E-state index contributed by atoms with van der Waals surface area (Å²) in [5, 5.41) is 52.9. The number of amides is 2. The van der Waals surface area contributed by atoms with Crippen LogP contribution in [0.1, 0.15) is 30.1 Å². The van der Waals surface area contributed by atoms with E-state index in [0.29, 0.717) is 51.3 Å². The Labute approximate surface area is 328 Å². The number of hydrogen-bond acceptors (Lipinski definition) is 13. The first-order valence-electron chi connectivity index (χ1n) is 16.6. The second-order valence-electron chi connectivity index (χ2n) is 12.6. The Morgan fingerprint density at radius 2 is 1.16 bits per heavy atom. The molecule has 3 rings (SSSR count). The zero-order valence-electron chi connectivity index (χ0n) is 28.6. The topological polar surface area (TPSA) is 244 Å². The second kappa shape index (κ2) is 22.3. The maximum absolute atomic E-state index is 13.0. The van der Waals surface area contributed by atoms with Crippen LogP contribution in [0, 0.1) is 39.9 Å². The SMILES string of the molecule is C[C@@H](NC(=O)c1ccc(NCC(=O)CN2CCN(CC(=O)O)CCN(CC(=O)O)CCN(CC(=O)O)CC2)cc1)C(=O)N1CCC[C@H]1B(O)O.[Gd]. The van der Waals surface area contributed by atoms with Gasteiger partial charge in [-0.3, -0.25) is 48.4 Å². The van der Waals surface area contributed by atoms with Crippen LogP contribution < -0.4 is 10.6 Å². The number of aliphatic carboxylic acids is 3. The molecule has 2 amide bonds. The van der Waals surface area contributed by atoms with E-state index in [4.69, 9.17) is 0 Å². The minimum atomic E-state index is -1.66. The molecule has 0 spiro atoms. The van der Waals surface area contributed by atoms with Crippen LogP contribution in [0.15, 0.2) is 24.3 Å². The first-order valence-corrected chi connectivity index (χ1v) is 16.6. The monoisotopic (exact) mass is 863 g/mol. The molecule has 2 heterocycles. The molecule has 0 saturated carbocycles. The van der Waals surface area contributed by atoms with Crippen LogP contribution in [0.5, 0.6) is 0 Å². The number of ketones is 1. The number of nitrogens with one attached hydrogen (secondary N) is 2. The maximum atomic E-state index is 13.0. The molecule has 51 heavy (non-hydrogen) atoms. The number of carbonyl (C=O) groups excluding carboxylic acids is 3. The van der Waals surface area contributed by atoms with Crippen molar-refractivity contribution in [2.24, 2.45) is 0 Å². The molecule has 2 aliphatic rings. The third-order valence-electron chi connectivity index (χ3n) is 8.69. The Morgan fingerprint density at radius 1 is 0.725 bits per heavy atom. The molecular weight excluding hydrogens is 814 g/mol. The summed E-state index contributed by atoms with van der Waals surface area (Å²) in [6, 6.07) is 5.42. The molecule has 0 unspecified atom stereocenters. The molecule has 7 N–H and O–H groups in total. The second-order valence-corrected chi connectivity index (χ2v) is 12.6. The van der Waals surface area contributed by atoms with E-state index in [0.717, 1.165) is 0 Å². The standard InChI is InChI=1S/C31H48BN7O11.Gd/c1-22(31(48)39-8-2-3-26(39)32(49)50)34-30(47)23-4-6-24(7-5-23)33-17-25(40)18-35-9-11-36(19-27(41)42)13-15-38(21-29(45)46)16-14-37(12-10-35)20-28(43)44;/h4-7,22,26,33,49-50H,2-3,8-21H2,1H3,(H,34,47)(H,41,42)(H,43,44)(H,45,46);/t22-,26+;/m1./s1. The summed E-state index contributed by atoms with van der Waals surface area (Å²) >= 11 is 0. The molecule has 0 bridgehead atoms. The molecule has 0 aliphatic carbocycles. The summed E-state index contributed by atoms with van der Waals surface area (Å²) in [5.74, 6) is -4.90. The molecule has 2 atom stereocenters. The van der Waals surface area contributed by atoms with Gasteiger partial charge in [0.25, 0.3) is 5.91 Å². The number of nitrogens with zero attached hydrogens (tertiary/aromatic N) is 5. The van der Waals surface area contributed by atoms with Gasteiger partial charge in [-0.1, -0.05) is 0 Å². The van der Waals surface area contributed by atoms with E-state index in [9.17, 15) is 54.1 Å². The van der Waals surface area contributed by atoms with Gasteiger partial charge in [-0.05, 0) is 44.0 Å². The first kappa shape index (κ1) is 44.4. The normalized spacial score (nSPS) is 19.1. The number of carboxylic acids is 3. The molecule has 2 aliphatic heterocycles. The first-order chi connectivity index (χ1) is 23.7. The van der Waals surface area contributed by atoms with Gasteiger partial charge >= 0.3 is 25.0 Å². The van der Waals surface area contributed by atoms with Gasteiger partial charge in [-0.25, -0.2) is 0 Å². The zero-order chi connectivity index (χ0) is 36.8. The Kier molecular flexibility index (Phi) is 19.4. The van der Waals surface area contributed by atoms with Gasteiger partial charge in [0, 0.05) is 110 Å². The smallest absolute Gasteiger partial charge is 0.475 e. The van der Waals surface area contributed by atoms with Crippen molar-refractivity contribution in [1.82, 2.24) is 29.8 Å². The number of rotatable bonds is 15. The van der Waals surface area contributed by atoms with Gasteiger partial charge in [0.05, 0.1) is 38.7 Å². The van der Waals surface area contributed by atoms with E-state index in [2.05, 4.69) is 10.6 Å². The molecule has 2 saturated heterocycles. The van der Waals surface area contributed by atoms with Crippen molar-refractivity contribution in [3.05, 3.63) is 29.8 Å². The number of Topliss-reactive ketones (excluding diaryl/α,β-unsaturated/α-hetero) is 1. The van der Waals surface area contributed by atoms with Crippen molar-refractivity contribution in [2.75, 3.05) is 96.9 Å². The summed E-state index contributed by atoms with van der Waals surface area (Å²) in [5.41, 5.74) is 0.847. The molecule has 2 fully saturated rings. The predicted octanol–water partition coefficient (Wildman–Crippen LogP) is -2.74. The fourth-order valence-corrected chi connectivity index (χ4v) is 6.00. The summed E-state index contributed by atoms with van der Waals surface area (Å²) < 4.78 is 0. The van der Waals surface area contributed by atoms with Crippen LogP contribution in [0.3, 0.4) is 0 Å². The Bertz CT molecular complexity index is 1310. The number of likely N-dealkylation sites (tertiary alicyclic amines) is 1. The van der Waals surface area contributed by atoms with E-state index in [1.54, 1.807) is 26.8 Å². The van der Waals surface area contributed by atoms with Crippen LogP contribution in [-0.2, 0) is 24.0 Å². The van der Waals surface area contributed by atoms with E-state index < -0.39 is 48.8 Å². The summed E-state index contributed by atoms with van der Waals surface area (Å²) in [6.45, 7) is 3.42. The van der Waals surface area contributed by atoms with Crippen molar-refractivity contribution >= 4 is 48.3 Å². The van der Waals surface area contributed by atoms with Crippen molar-refractivity contribution in [2.45, 2.75) is 31.7 Å². The molecule has 0 radical (unpaired) electrons. The molecule has 1 aromatic carbocycles. The average molecular weight is 863 g/mol. The Balaban J connectivity index is 0.00000901. The number of anilines is 1. The van der Waals surface area contributed by atoms with Crippen molar-refractivity contribution in [3.8, 4) is 0 Å². The molecule has 18 nitrogen and oxygen atoms in total. The van der Waals surface area contributed by atoms with Crippen molar-refractivity contribution in [1.29, 1.82) is 0 Å².